The molecule has 0 radical (unpaired) electrons. The van der Waals surface area contributed by atoms with Crippen molar-refractivity contribution in [2.45, 2.75) is 26.8 Å². The van der Waals surface area contributed by atoms with E-state index in [1.54, 1.807) is 11.6 Å². The van der Waals surface area contributed by atoms with E-state index >= 15 is 0 Å². The predicted octanol–water partition coefficient (Wildman–Crippen LogP) is 2.07. The summed E-state index contributed by atoms with van der Waals surface area (Å²) in [7, 11) is 0. The van der Waals surface area contributed by atoms with Crippen molar-refractivity contribution in [2.75, 3.05) is 6.61 Å². The zero-order valence-electron chi connectivity index (χ0n) is 8.29. The second-order valence-electron chi connectivity index (χ2n) is 2.81. The van der Waals surface area contributed by atoms with Crippen molar-refractivity contribution >= 4 is 28.6 Å². The number of hydrogen-bond donors (Lipinski definition) is 0. The summed E-state index contributed by atoms with van der Waals surface area (Å²) in [4.78, 5) is 11.4. The van der Waals surface area contributed by atoms with Gasteiger partial charge < -0.3 is 4.74 Å². The largest absolute Gasteiger partial charge is 0.461 e. The smallest absolute Gasteiger partial charge is 0.359 e. The first-order chi connectivity index (χ1) is 6.69. The van der Waals surface area contributed by atoms with Gasteiger partial charge in [0.15, 0.2) is 5.69 Å². The third-order valence-corrected chi connectivity index (χ3v) is 2.43. The van der Waals surface area contributed by atoms with Crippen LogP contribution in [0.3, 0.4) is 0 Å². The van der Waals surface area contributed by atoms with Crippen molar-refractivity contribution in [3.8, 4) is 0 Å². The zero-order chi connectivity index (χ0) is 10.6. The number of rotatable bonds is 4. The van der Waals surface area contributed by atoms with Crippen LogP contribution in [-0.4, -0.2) is 22.4 Å². The van der Waals surface area contributed by atoms with Crippen LogP contribution in [0.5, 0.6) is 0 Å². The Morgan fingerprint density at radius 2 is 2.36 bits per heavy atom. The summed E-state index contributed by atoms with van der Waals surface area (Å²) >= 11 is 2.09. The Hall–Kier alpha value is -0.590. The fourth-order valence-corrected chi connectivity index (χ4v) is 1.73. The van der Waals surface area contributed by atoms with Crippen molar-refractivity contribution in [3.63, 3.8) is 0 Å². The van der Waals surface area contributed by atoms with E-state index in [2.05, 4.69) is 34.6 Å². The average molecular weight is 308 g/mol. The van der Waals surface area contributed by atoms with Gasteiger partial charge in [-0.1, -0.05) is 6.92 Å². The minimum atomic E-state index is -0.341. The van der Waals surface area contributed by atoms with E-state index in [-0.39, 0.29) is 5.97 Å². The fraction of sp³-hybridized carbons (Fsp3) is 0.556. The molecule has 0 saturated carbocycles. The molecule has 0 N–H and O–H groups in total. The highest BCUT2D eigenvalue weighted by atomic mass is 127. The Labute approximate surface area is 96.8 Å². The lowest BCUT2D eigenvalue weighted by atomic mass is 10.4. The van der Waals surface area contributed by atoms with Crippen LogP contribution < -0.4 is 0 Å². The normalized spacial score (nSPS) is 10.2. The molecule has 0 saturated heterocycles. The molecule has 0 aromatic carbocycles. The fourth-order valence-electron chi connectivity index (χ4n) is 1.08. The lowest BCUT2D eigenvalue weighted by Gasteiger charge is -1.98. The van der Waals surface area contributed by atoms with Gasteiger partial charge in [-0.15, -0.1) is 0 Å². The maximum absolute atomic E-state index is 11.4. The number of carbonyl (C=O) groups is 1. The molecule has 0 unspecified atom stereocenters. The number of ether oxygens (including phenoxy) is 1. The van der Waals surface area contributed by atoms with Gasteiger partial charge in [-0.3, -0.25) is 4.68 Å². The number of aryl methyl sites for hydroxylation is 1. The molecule has 0 aliphatic rings. The van der Waals surface area contributed by atoms with Gasteiger partial charge in [0.25, 0.3) is 0 Å². The summed E-state index contributed by atoms with van der Waals surface area (Å²) < 4.78 is 7.49. The minimum Gasteiger partial charge on any atom is -0.461 e. The van der Waals surface area contributed by atoms with Gasteiger partial charge >= 0.3 is 5.97 Å². The van der Waals surface area contributed by atoms with Gasteiger partial charge in [0.05, 0.1) is 10.2 Å². The molecule has 0 amide bonds. The van der Waals surface area contributed by atoms with Crippen molar-refractivity contribution in [1.82, 2.24) is 9.78 Å². The number of nitrogens with zero attached hydrogens (tertiary/aromatic N) is 2. The van der Waals surface area contributed by atoms with E-state index in [9.17, 15) is 4.79 Å². The molecule has 1 aromatic heterocycles. The molecule has 1 aromatic rings. The summed E-state index contributed by atoms with van der Waals surface area (Å²) in [6.07, 6.45) is 2.86. The van der Waals surface area contributed by atoms with Crippen LogP contribution in [-0.2, 0) is 11.3 Å². The van der Waals surface area contributed by atoms with Crippen molar-refractivity contribution in [1.29, 1.82) is 0 Å². The second-order valence-corrected chi connectivity index (χ2v) is 3.97. The molecule has 4 nitrogen and oxygen atoms in total. The van der Waals surface area contributed by atoms with Crippen molar-refractivity contribution in [2.24, 2.45) is 0 Å². The van der Waals surface area contributed by atoms with Crippen LogP contribution in [0.1, 0.15) is 30.8 Å². The SMILES string of the molecule is CCCn1cc(I)c(C(=O)OCC)n1. The molecule has 5 heteroatoms. The summed E-state index contributed by atoms with van der Waals surface area (Å²) in [6, 6.07) is 0. The van der Waals surface area contributed by atoms with E-state index in [1.165, 1.54) is 0 Å². The minimum absolute atomic E-state index is 0.341. The molecule has 0 atom stereocenters. The van der Waals surface area contributed by atoms with Gasteiger partial charge in [0.1, 0.15) is 0 Å². The quantitative estimate of drug-likeness (QED) is 0.632. The third-order valence-electron chi connectivity index (χ3n) is 1.64. The van der Waals surface area contributed by atoms with Gasteiger partial charge in [0, 0.05) is 12.7 Å². The molecule has 1 heterocycles. The summed E-state index contributed by atoms with van der Waals surface area (Å²) in [5.74, 6) is -0.341. The lowest BCUT2D eigenvalue weighted by Crippen LogP contribution is -2.08. The summed E-state index contributed by atoms with van der Waals surface area (Å²) in [6.45, 7) is 5.07. The Morgan fingerprint density at radius 1 is 1.64 bits per heavy atom. The first-order valence-corrected chi connectivity index (χ1v) is 5.67. The van der Waals surface area contributed by atoms with Crippen LogP contribution in [0.2, 0.25) is 0 Å². The van der Waals surface area contributed by atoms with Crippen LogP contribution in [0.4, 0.5) is 0 Å². The van der Waals surface area contributed by atoms with Crippen LogP contribution >= 0.6 is 22.6 Å². The molecular weight excluding hydrogens is 295 g/mol. The highest BCUT2D eigenvalue weighted by molar-refractivity contribution is 14.1. The predicted molar refractivity (Wildman–Crippen MR) is 61.2 cm³/mol. The number of hydrogen-bond acceptors (Lipinski definition) is 3. The number of halogens is 1. The molecule has 0 fully saturated rings. The molecule has 1 rings (SSSR count). The van der Waals surface area contributed by atoms with E-state index < -0.39 is 0 Å². The third kappa shape index (κ3) is 2.70. The maximum Gasteiger partial charge on any atom is 0.359 e. The standard InChI is InChI=1S/C9H13IN2O2/c1-3-5-12-6-7(10)8(11-12)9(13)14-4-2/h6H,3-5H2,1-2H3. The first kappa shape index (κ1) is 11.5. The summed E-state index contributed by atoms with van der Waals surface area (Å²) in [5.41, 5.74) is 0.418. The Kier molecular flexibility index (Phi) is 4.37. The number of carbonyl (C=O) groups excluding carboxylic acids is 1. The van der Waals surface area contributed by atoms with Gasteiger partial charge in [-0.05, 0) is 35.9 Å². The van der Waals surface area contributed by atoms with Crippen LogP contribution in [0.25, 0.3) is 0 Å². The van der Waals surface area contributed by atoms with E-state index in [1.807, 2.05) is 6.20 Å². The molecule has 78 valence electrons. The highest BCUT2D eigenvalue weighted by Gasteiger charge is 2.15. The highest BCUT2D eigenvalue weighted by Crippen LogP contribution is 2.11. The Bertz CT molecular complexity index is 323. The van der Waals surface area contributed by atoms with Gasteiger partial charge in [-0.2, -0.15) is 5.10 Å². The molecule has 14 heavy (non-hydrogen) atoms. The maximum atomic E-state index is 11.4. The number of esters is 1. The second kappa shape index (κ2) is 5.33. The lowest BCUT2D eigenvalue weighted by molar-refractivity contribution is 0.0517. The van der Waals surface area contributed by atoms with E-state index in [4.69, 9.17) is 4.74 Å². The molecule has 0 aliphatic heterocycles. The van der Waals surface area contributed by atoms with Crippen LogP contribution in [0, 0.1) is 3.57 Å². The Balaban J connectivity index is 2.81. The molecular formula is C9H13IN2O2. The topological polar surface area (TPSA) is 44.1 Å². The first-order valence-electron chi connectivity index (χ1n) is 4.59. The van der Waals surface area contributed by atoms with Crippen molar-refractivity contribution in [3.05, 3.63) is 15.5 Å². The van der Waals surface area contributed by atoms with Crippen LogP contribution in [0.15, 0.2) is 6.20 Å². The average Bonchev–Trinajstić information content (AvgIpc) is 2.48. The molecule has 0 aliphatic carbocycles. The zero-order valence-corrected chi connectivity index (χ0v) is 10.4. The molecule has 0 spiro atoms. The Morgan fingerprint density at radius 3 is 2.93 bits per heavy atom. The van der Waals surface area contributed by atoms with Crippen molar-refractivity contribution < 1.29 is 9.53 Å². The monoisotopic (exact) mass is 308 g/mol. The summed E-state index contributed by atoms with van der Waals surface area (Å²) in [5, 5.41) is 4.15. The van der Waals surface area contributed by atoms with E-state index in [0.29, 0.717) is 12.3 Å². The molecule has 0 bridgehead atoms. The number of aromatic nitrogens is 2. The van der Waals surface area contributed by atoms with Gasteiger partial charge in [-0.25, -0.2) is 4.79 Å². The van der Waals surface area contributed by atoms with Gasteiger partial charge in [0.2, 0.25) is 0 Å². The van der Waals surface area contributed by atoms with E-state index in [0.717, 1.165) is 16.5 Å².